The fourth-order valence-electron chi connectivity index (χ4n) is 3.35. The van der Waals surface area contributed by atoms with E-state index < -0.39 is 45.3 Å². The molecule has 2 aromatic heterocycles. The zero-order valence-electron chi connectivity index (χ0n) is 17.6. The third kappa shape index (κ3) is 5.92. The van der Waals surface area contributed by atoms with Crippen LogP contribution in [0.5, 0.6) is 0 Å². The van der Waals surface area contributed by atoms with E-state index in [-0.39, 0.29) is 37.6 Å². The molecule has 0 bridgehead atoms. The van der Waals surface area contributed by atoms with Crippen LogP contribution in [0, 0.1) is 0 Å². The quantitative estimate of drug-likeness (QED) is 0.608. The average Bonchev–Trinajstić information content (AvgIpc) is 3.08. The lowest BCUT2D eigenvalue weighted by atomic mass is 10.1. The van der Waals surface area contributed by atoms with Gasteiger partial charge in [-0.2, -0.15) is 22.6 Å². The Balaban J connectivity index is 1.87. The zero-order chi connectivity index (χ0) is 23.9. The molecule has 0 saturated carbocycles. The van der Waals surface area contributed by atoms with Gasteiger partial charge in [0.1, 0.15) is 11.7 Å². The summed E-state index contributed by atoms with van der Waals surface area (Å²) in [6.07, 6.45) is -2.14. The van der Waals surface area contributed by atoms with Crippen LogP contribution in [0.3, 0.4) is 0 Å². The molecule has 1 aliphatic heterocycles. The third-order valence-electron chi connectivity index (χ3n) is 4.84. The molecule has 0 amide bonds. The summed E-state index contributed by atoms with van der Waals surface area (Å²) >= 11 is 0. The lowest BCUT2D eigenvalue weighted by Crippen LogP contribution is -2.49. The van der Waals surface area contributed by atoms with E-state index in [9.17, 15) is 31.1 Å². The molecule has 0 unspecified atom stereocenters. The number of hydrogen-bond acceptors (Lipinski definition) is 7. The molecule has 2 N–H and O–H groups in total. The Hall–Kier alpha value is -2.32. The van der Waals surface area contributed by atoms with Crippen LogP contribution >= 0.6 is 0 Å². The van der Waals surface area contributed by atoms with Gasteiger partial charge < -0.3 is 10.4 Å². The molecule has 178 valence electrons. The largest absolute Gasteiger partial charge is 0.419 e. The van der Waals surface area contributed by atoms with E-state index in [1.807, 2.05) is 0 Å². The van der Waals surface area contributed by atoms with Gasteiger partial charge in [-0.1, -0.05) is 0 Å². The van der Waals surface area contributed by atoms with Crippen molar-refractivity contribution in [1.29, 1.82) is 0 Å². The number of aliphatic hydroxyl groups is 1. The summed E-state index contributed by atoms with van der Waals surface area (Å²) in [5.41, 5.74) is -2.61. The lowest BCUT2D eigenvalue weighted by Gasteiger charge is -2.33. The SMILES string of the molecule is CC(C)(O)Cn1cc(-c2nc(N[C@H]3CCN(S(C)(=O)=O)C[C@H]3F)ncc2C(F)(F)F)cn1. The van der Waals surface area contributed by atoms with Crippen LogP contribution in [0.25, 0.3) is 11.3 Å². The first-order valence-electron chi connectivity index (χ1n) is 9.69. The van der Waals surface area contributed by atoms with Crippen LogP contribution in [0.2, 0.25) is 0 Å². The van der Waals surface area contributed by atoms with Crippen molar-refractivity contribution in [3.05, 3.63) is 24.2 Å². The van der Waals surface area contributed by atoms with Crippen molar-refractivity contribution >= 4 is 16.0 Å². The predicted molar refractivity (Wildman–Crippen MR) is 108 cm³/mol. The molecule has 3 rings (SSSR count). The smallest absolute Gasteiger partial charge is 0.389 e. The highest BCUT2D eigenvalue weighted by atomic mass is 32.2. The molecule has 1 saturated heterocycles. The van der Waals surface area contributed by atoms with Crippen molar-refractivity contribution < 1.29 is 31.1 Å². The van der Waals surface area contributed by atoms with Gasteiger partial charge in [-0.05, 0) is 20.3 Å². The highest BCUT2D eigenvalue weighted by Crippen LogP contribution is 2.36. The number of alkyl halides is 4. The molecule has 0 aromatic carbocycles. The summed E-state index contributed by atoms with van der Waals surface area (Å²) in [5.74, 6) is -0.219. The second kappa shape index (κ2) is 8.56. The molecule has 9 nitrogen and oxygen atoms in total. The summed E-state index contributed by atoms with van der Waals surface area (Å²) in [5, 5.41) is 16.6. The maximum Gasteiger partial charge on any atom is 0.419 e. The van der Waals surface area contributed by atoms with E-state index in [0.717, 1.165) is 10.6 Å². The maximum atomic E-state index is 14.5. The molecule has 32 heavy (non-hydrogen) atoms. The second-order valence-corrected chi connectivity index (χ2v) is 10.4. The molecule has 0 aliphatic carbocycles. The molecule has 1 aliphatic rings. The van der Waals surface area contributed by atoms with E-state index in [0.29, 0.717) is 6.20 Å². The van der Waals surface area contributed by atoms with Gasteiger partial charge in [0, 0.05) is 31.0 Å². The summed E-state index contributed by atoms with van der Waals surface area (Å²) in [6, 6.07) is -0.865. The van der Waals surface area contributed by atoms with Gasteiger partial charge in [0.15, 0.2) is 0 Å². The summed E-state index contributed by atoms with van der Waals surface area (Å²) in [4.78, 5) is 7.64. The van der Waals surface area contributed by atoms with Gasteiger partial charge in [-0.25, -0.2) is 22.8 Å². The summed E-state index contributed by atoms with van der Waals surface area (Å²) < 4.78 is 80.6. The fraction of sp³-hybridized carbons (Fsp3) is 0.611. The van der Waals surface area contributed by atoms with Crippen LogP contribution in [0.15, 0.2) is 18.6 Å². The first-order valence-corrected chi connectivity index (χ1v) is 11.5. The lowest BCUT2D eigenvalue weighted by molar-refractivity contribution is -0.137. The van der Waals surface area contributed by atoms with Crippen molar-refractivity contribution in [3.8, 4) is 11.3 Å². The maximum absolute atomic E-state index is 14.5. The van der Waals surface area contributed by atoms with Gasteiger partial charge in [-0.15, -0.1) is 0 Å². The minimum Gasteiger partial charge on any atom is -0.389 e. The van der Waals surface area contributed by atoms with Crippen LogP contribution in [0.4, 0.5) is 23.5 Å². The first kappa shape index (κ1) is 24.3. The van der Waals surface area contributed by atoms with Crippen LogP contribution in [-0.2, 0) is 22.7 Å². The molecule has 1 fully saturated rings. The Bertz CT molecular complexity index is 1070. The predicted octanol–water partition coefficient (Wildman–Crippen LogP) is 1.91. The van der Waals surface area contributed by atoms with Crippen molar-refractivity contribution in [1.82, 2.24) is 24.1 Å². The van der Waals surface area contributed by atoms with E-state index in [4.69, 9.17) is 0 Å². The topological polar surface area (TPSA) is 113 Å². The highest BCUT2D eigenvalue weighted by Gasteiger charge is 2.37. The number of rotatable bonds is 6. The van der Waals surface area contributed by atoms with Crippen molar-refractivity contribution in [2.75, 3.05) is 24.7 Å². The number of anilines is 1. The van der Waals surface area contributed by atoms with Gasteiger partial charge in [0.05, 0.1) is 36.3 Å². The van der Waals surface area contributed by atoms with Crippen molar-refractivity contribution in [2.45, 2.75) is 50.8 Å². The molecule has 0 radical (unpaired) electrons. The van der Waals surface area contributed by atoms with Crippen LogP contribution < -0.4 is 5.32 Å². The van der Waals surface area contributed by atoms with Gasteiger partial charge in [0.25, 0.3) is 0 Å². The fourth-order valence-corrected chi connectivity index (χ4v) is 4.20. The van der Waals surface area contributed by atoms with E-state index in [2.05, 4.69) is 20.4 Å². The number of piperidine rings is 1. The Morgan fingerprint density at radius 3 is 2.53 bits per heavy atom. The average molecular weight is 480 g/mol. The third-order valence-corrected chi connectivity index (χ3v) is 6.11. The van der Waals surface area contributed by atoms with E-state index in [1.54, 1.807) is 0 Å². The normalized spacial score (nSPS) is 21.0. The Morgan fingerprint density at radius 2 is 1.97 bits per heavy atom. The number of hydrogen-bond donors (Lipinski definition) is 2. The van der Waals surface area contributed by atoms with Gasteiger partial charge >= 0.3 is 6.18 Å². The number of halogens is 4. The molecule has 0 spiro atoms. The summed E-state index contributed by atoms with van der Waals surface area (Å²) in [7, 11) is -3.55. The second-order valence-electron chi connectivity index (χ2n) is 8.37. The minimum absolute atomic E-state index is 0.0486. The first-order chi connectivity index (χ1) is 14.6. The Kier molecular flexibility index (Phi) is 6.50. The van der Waals surface area contributed by atoms with Gasteiger partial charge in [0.2, 0.25) is 16.0 Å². The molecule has 2 atom stereocenters. The number of nitrogens with zero attached hydrogens (tertiary/aromatic N) is 5. The number of sulfonamides is 1. The monoisotopic (exact) mass is 480 g/mol. The van der Waals surface area contributed by atoms with Crippen molar-refractivity contribution in [3.63, 3.8) is 0 Å². The van der Waals surface area contributed by atoms with Crippen LogP contribution in [0.1, 0.15) is 25.8 Å². The van der Waals surface area contributed by atoms with Gasteiger partial charge in [-0.3, -0.25) is 4.68 Å². The number of aromatic nitrogens is 4. The minimum atomic E-state index is -4.74. The highest BCUT2D eigenvalue weighted by molar-refractivity contribution is 7.88. The van der Waals surface area contributed by atoms with Crippen LogP contribution in [-0.4, -0.2) is 74.7 Å². The molecular weight excluding hydrogens is 456 g/mol. The molecule has 14 heteroatoms. The Labute approximate surface area is 182 Å². The van der Waals surface area contributed by atoms with Crippen molar-refractivity contribution in [2.24, 2.45) is 0 Å². The molecular formula is C18H24F4N6O3S. The standard InChI is InChI=1S/C18H24F4N6O3S/c1-17(2,29)10-27-8-11(6-24-27)15-12(18(20,21)22)7-23-16(26-15)25-14-4-5-28(9-13(14)19)32(3,30)31/h6-8,13-14,29H,4-5,9-10H2,1-3H3,(H,23,25,26)/t13-,14+/m1/s1. The molecule has 2 aromatic rings. The summed E-state index contributed by atoms with van der Waals surface area (Å²) in [6.45, 7) is 2.81. The zero-order valence-corrected chi connectivity index (χ0v) is 18.5. The Morgan fingerprint density at radius 1 is 1.28 bits per heavy atom. The number of nitrogens with one attached hydrogen (secondary N) is 1. The molecule has 3 heterocycles. The van der Waals surface area contributed by atoms with E-state index in [1.165, 1.54) is 30.9 Å². The van der Waals surface area contributed by atoms with E-state index >= 15 is 0 Å².